The Kier molecular flexibility index (Phi) is 2.58. The van der Waals surface area contributed by atoms with Crippen molar-refractivity contribution in [3.8, 4) is 11.8 Å². The van der Waals surface area contributed by atoms with Crippen LogP contribution in [-0.4, -0.2) is 14.5 Å². The molecule has 0 radical (unpaired) electrons. The third-order valence-electron chi connectivity index (χ3n) is 2.20. The summed E-state index contributed by atoms with van der Waals surface area (Å²) in [5, 5.41) is 8.73. The maximum atomic E-state index is 11.6. The summed E-state index contributed by atoms with van der Waals surface area (Å²) in [6, 6.07) is 3.45. The molecule has 0 amide bonds. The van der Waals surface area contributed by atoms with Gasteiger partial charge in [0.15, 0.2) is 0 Å². The largest absolute Gasteiger partial charge is 0.333 e. The monoisotopic (exact) mass is 228 g/mol. The maximum Gasteiger partial charge on any atom is 0.333 e. The molecule has 0 aromatic carbocycles. The second-order valence-electron chi connectivity index (χ2n) is 3.50. The molecule has 6 heteroatoms. The summed E-state index contributed by atoms with van der Waals surface area (Å²) in [4.78, 5) is 28.8. The van der Waals surface area contributed by atoms with Crippen molar-refractivity contribution >= 4 is 0 Å². The number of hydrogen-bond donors (Lipinski definition) is 1. The first-order valence-corrected chi connectivity index (χ1v) is 4.80. The minimum absolute atomic E-state index is 0.119. The molecule has 0 unspecified atom stereocenters. The number of aromatic amines is 1. The van der Waals surface area contributed by atoms with E-state index in [4.69, 9.17) is 5.26 Å². The van der Waals surface area contributed by atoms with Crippen molar-refractivity contribution in [1.29, 1.82) is 5.26 Å². The van der Waals surface area contributed by atoms with Gasteiger partial charge in [-0.15, -0.1) is 0 Å². The molecule has 2 aromatic heterocycles. The lowest BCUT2D eigenvalue weighted by atomic mass is 10.3. The minimum Gasteiger partial charge on any atom is -0.273 e. The van der Waals surface area contributed by atoms with E-state index in [9.17, 15) is 9.59 Å². The van der Waals surface area contributed by atoms with Crippen LogP contribution in [0.3, 0.4) is 0 Å². The molecule has 0 bridgehead atoms. The highest BCUT2D eigenvalue weighted by atomic mass is 16.2. The van der Waals surface area contributed by atoms with Crippen molar-refractivity contribution in [3.63, 3.8) is 0 Å². The first kappa shape index (κ1) is 10.8. The van der Waals surface area contributed by atoms with E-state index in [1.807, 2.05) is 6.92 Å². The molecule has 0 aliphatic heterocycles. The lowest BCUT2D eigenvalue weighted by Crippen LogP contribution is -2.30. The normalized spacial score (nSPS) is 9.88. The highest BCUT2D eigenvalue weighted by Gasteiger charge is 2.05. The summed E-state index contributed by atoms with van der Waals surface area (Å²) in [7, 11) is 0. The molecule has 0 aliphatic rings. The molecule has 0 fully saturated rings. The van der Waals surface area contributed by atoms with Crippen LogP contribution in [0.4, 0.5) is 0 Å². The van der Waals surface area contributed by atoms with E-state index >= 15 is 0 Å². The maximum absolute atomic E-state index is 11.6. The molecular weight excluding hydrogens is 220 g/mol. The molecule has 0 saturated carbocycles. The Balaban J connectivity index is 2.73. The van der Waals surface area contributed by atoms with Crippen LogP contribution < -0.4 is 11.2 Å². The van der Waals surface area contributed by atoms with Gasteiger partial charge in [0.1, 0.15) is 11.6 Å². The molecular formula is C11H8N4O2. The van der Waals surface area contributed by atoms with Crippen molar-refractivity contribution < 1.29 is 0 Å². The van der Waals surface area contributed by atoms with Crippen molar-refractivity contribution in [1.82, 2.24) is 14.5 Å². The number of hydrogen-bond acceptors (Lipinski definition) is 4. The highest BCUT2D eigenvalue weighted by molar-refractivity contribution is 5.34. The van der Waals surface area contributed by atoms with Crippen LogP contribution in [-0.2, 0) is 0 Å². The quantitative estimate of drug-likeness (QED) is 0.749. The number of H-pyrrole nitrogens is 1. The van der Waals surface area contributed by atoms with E-state index in [-0.39, 0.29) is 5.56 Å². The topological polar surface area (TPSA) is 91.5 Å². The second kappa shape index (κ2) is 4.06. The van der Waals surface area contributed by atoms with Crippen LogP contribution in [0.5, 0.6) is 0 Å². The van der Waals surface area contributed by atoms with E-state index in [2.05, 4.69) is 9.97 Å². The molecule has 2 aromatic rings. The lowest BCUT2D eigenvalue weighted by Gasteiger charge is -2.04. The zero-order chi connectivity index (χ0) is 12.4. The molecule has 17 heavy (non-hydrogen) atoms. The van der Waals surface area contributed by atoms with E-state index < -0.39 is 11.2 Å². The molecule has 6 nitrogen and oxygen atoms in total. The average Bonchev–Trinajstić information content (AvgIpc) is 2.29. The summed E-state index contributed by atoms with van der Waals surface area (Å²) in [5.74, 6) is 0. The van der Waals surface area contributed by atoms with Gasteiger partial charge in [-0.25, -0.2) is 4.79 Å². The van der Waals surface area contributed by atoms with Crippen molar-refractivity contribution in [2.24, 2.45) is 0 Å². The van der Waals surface area contributed by atoms with Crippen LogP contribution >= 0.6 is 0 Å². The van der Waals surface area contributed by atoms with Crippen molar-refractivity contribution in [2.75, 3.05) is 0 Å². The summed E-state index contributed by atoms with van der Waals surface area (Å²) in [5.41, 5.74) is -0.0243. The minimum atomic E-state index is -0.686. The fourth-order valence-corrected chi connectivity index (χ4v) is 1.41. The standard InChI is InChI=1S/C11H8N4O2/c1-7-2-9(5-13-4-7)15-6-8(3-12)10(16)14-11(15)17/h2,4-6H,1H3,(H,14,16,17). The third kappa shape index (κ3) is 1.99. The van der Waals surface area contributed by atoms with Crippen LogP contribution in [0, 0.1) is 18.3 Å². The number of nitriles is 1. The Labute approximate surface area is 95.8 Å². The van der Waals surface area contributed by atoms with E-state index in [1.54, 1.807) is 18.3 Å². The molecule has 0 aliphatic carbocycles. The molecule has 0 atom stereocenters. The first-order chi connectivity index (χ1) is 8.11. The number of nitrogens with one attached hydrogen (secondary N) is 1. The average molecular weight is 228 g/mol. The van der Waals surface area contributed by atoms with E-state index in [1.165, 1.54) is 17.0 Å². The van der Waals surface area contributed by atoms with Gasteiger partial charge in [-0.2, -0.15) is 5.26 Å². The third-order valence-corrected chi connectivity index (χ3v) is 2.20. The van der Waals surface area contributed by atoms with Gasteiger partial charge in [0.25, 0.3) is 5.56 Å². The van der Waals surface area contributed by atoms with E-state index in [0.29, 0.717) is 5.69 Å². The van der Waals surface area contributed by atoms with Gasteiger partial charge in [-0.1, -0.05) is 0 Å². The van der Waals surface area contributed by atoms with Crippen LogP contribution in [0.15, 0.2) is 34.2 Å². The molecule has 84 valence electrons. The SMILES string of the molecule is Cc1cncc(-n2cc(C#N)c(=O)[nH]c2=O)c1. The van der Waals surface area contributed by atoms with Crippen LogP contribution in [0.25, 0.3) is 5.69 Å². The predicted octanol–water partition coefficient (Wildman–Crippen LogP) is 0.101. The Bertz CT molecular complexity index is 721. The predicted molar refractivity (Wildman–Crippen MR) is 59.9 cm³/mol. The number of aromatic nitrogens is 3. The summed E-state index contributed by atoms with van der Waals surface area (Å²) < 4.78 is 1.18. The Morgan fingerprint density at radius 3 is 2.82 bits per heavy atom. The van der Waals surface area contributed by atoms with E-state index in [0.717, 1.165) is 5.56 Å². The van der Waals surface area contributed by atoms with Gasteiger partial charge < -0.3 is 0 Å². The number of rotatable bonds is 1. The smallest absolute Gasteiger partial charge is 0.273 e. The van der Waals surface area contributed by atoms with Crippen molar-refractivity contribution in [3.05, 3.63) is 56.6 Å². The fourth-order valence-electron chi connectivity index (χ4n) is 1.41. The van der Waals surface area contributed by atoms with Gasteiger partial charge in [-0.05, 0) is 18.6 Å². The van der Waals surface area contributed by atoms with Gasteiger partial charge >= 0.3 is 5.69 Å². The van der Waals surface area contributed by atoms with Gasteiger partial charge in [-0.3, -0.25) is 19.3 Å². The fraction of sp³-hybridized carbons (Fsp3) is 0.0909. The number of aryl methyl sites for hydroxylation is 1. The Morgan fingerprint density at radius 1 is 1.41 bits per heavy atom. The Hall–Kier alpha value is -2.68. The zero-order valence-electron chi connectivity index (χ0n) is 8.97. The lowest BCUT2D eigenvalue weighted by molar-refractivity contribution is 0.882. The zero-order valence-corrected chi connectivity index (χ0v) is 8.97. The molecule has 2 heterocycles. The second-order valence-corrected chi connectivity index (χ2v) is 3.50. The van der Waals surface area contributed by atoms with Gasteiger partial charge in [0.2, 0.25) is 0 Å². The Morgan fingerprint density at radius 2 is 2.18 bits per heavy atom. The van der Waals surface area contributed by atoms with Gasteiger partial charge in [0.05, 0.1) is 11.9 Å². The highest BCUT2D eigenvalue weighted by Crippen LogP contribution is 2.04. The van der Waals surface area contributed by atoms with Gasteiger partial charge in [0, 0.05) is 12.4 Å². The molecule has 0 spiro atoms. The number of pyridine rings is 1. The number of nitrogens with zero attached hydrogens (tertiary/aromatic N) is 3. The molecule has 1 N–H and O–H groups in total. The molecule has 0 saturated heterocycles. The summed E-state index contributed by atoms with van der Waals surface area (Å²) in [6.45, 7) is 1.83. The first-order valence-electron chi connectivity index (χ1n) is 4.80. The van der Waals surface area contributed by atoms with Crippen molar-refractivity contribution in [2.45, 2.75) is 6.92 Å². The molecule has 2 rings (SSSR count). The summed E-state index contributed by atoms with van der Waals surface area (Å²) in [6.07, 6.45) is 4.33. The summed E-state index contributed by atoms with van der Waals surface area (Å²) >= 11 is 0. The van der Waals surface area contributed by atoms with Crippen LogP contribution in [0.1, 0.15) is 11.1 Å². The van der Waals surface area contributed by atoms with Crippen LogP contribution in [0.2, 0.25) is 0 Å².